The number of carbonyl (C=O) groups is 2. The molecule has 7 heteroatoms. The Morgan fingerprint density at radius 2 is 1.72 bits per heavy atom. The maximum Gasteiger partial charge on any atom is 0.266 e. The van der Waals surface area contributed by atoms with Crippen molar-refractivity contribution in [1.82, 2.24) is 4.98 Å². The second-order valence-electron chi connectivity index (χ2n) is 7.80. The van der Waals surface area contributed by atoms with Crippen molar-refractivity contribution in [3.05, 3.63) is 84.7 Å². The van der Waals surface area contributed by atoms with Crippen molar-refractivity contribution in [2.45, 2.75) is 25.5 Å². The standard InChI is InChI=1S/C25H23N3O4/c1-2-15-31-20-12-10-18(11-13-20)27-24(29)21-22(17-7-6-14-26-16-17)28(32-23(21)25(27)30)19-8-4-3-5-9-19/h3-14,16,21-23H,2,15H2,1H3/t21-,22+,23-/m0/s1. The van der Waals surface area contributed by atoms with Gasteiger partial charge < -0.3 is 4.74 Å². The highest BCUT2D eigenvalue weighted by molar-refractivity contribution is 6.23. The molecule has 2 amide bonds. The second kappa shape index (κ2) is 8.43. The number of aromatic nitrogens is 1. The number of ether oxygens (including phenoxy) is 1. The van der Waals surface area contributed by atoms with Gasteiger partial charge in [0.15, 0.2) is 6.10 Å². The molecule has 0 radical (unpaired) electrons. The second-order valence-corrected chi connectivity index (χ2v) is 7.80. The van der Waals surface area contributed by atoms with Crippen LogP contribution in [0.5, 0.6) is 5.75 Å². The molecule has 0 bridgehead atoms. The molecule has 0 unspecified atom stereocenters. The van der Waals surface area contributed by atoms with E-state index in [4.69, 9.17) is 9.57 Å². The van der Waals surface area contributed by atoms with E-state index in [1.54, 1.807) is 41.7 Å². The van der Waals surface area contributed by atoms with Crippen molar-refractivity contribution in [1.29, 1.82) is 0 Å². The average molecular weight is 429 g/mol. The van der Waals surface area contributed by atoms with E-state index >= 15 is 0 Å². The van der Waals surface area contributed by atoms with E-state index in [1.807, 2.05) is 49.4 Å². The number of rotatable bonds is 6. The van der Waals surface area contributed by atoms with Gasteiger partial charge in [0.2, 0.25) is 5.91 Å². The van der Waals surface area contributed by atoms with Crippen LogP contribution in [0.15, 0.2) is 79.1 Å². The van der Waals surface area contributed by atoms with E-state index in [2.05, 4.69) is 4.98 Å². The molecule has 3 atom stereocenters. The molecule has 5 rings (SSSR count). The first-order valence-corrected chi connectivity index (χ1v) is 10.7. The van der Waals surface area contributed by atoms with Crippen LogP contribution in [0.25, 0.3) is 0 Å². The van der Waals surface area contributed by atoms with E-state index in [0.29, 0.717) is 18.0 Å². The van der Waals surface area contributed by atoms with Crippen LogP contribution in [0.1, 0.15) is 24.9 Å². The van der Waals surface area contributed by atoms with E-state index in [1.165, 1.54) is 4.90 Å². The molecule has 32 heavy (non-hydrogen) atoms. The molecule has 162 valence electrons. The molecular formula is C25H23N3O4. The zero-order valence-electron chi connectivity index (χ0n) is 17.6. The van der Waals surface area contributed by atoms with Crippen LogP contribution < -0.4 is 14.7 Å². The van der Waals surface area contributed by atoms with Gasteiger partial charge in [0.05, 0.1) is 24.0 Å². The number of imide groups is 1. The number of pyridine rings is 1. The van der Waals surface area contributed by atoms with Crippen molar-refractivity contribution in [2.24, 2.45) is 5.92 Å². The first-order chi connectivity index (χ1) is 15.7. The summed E-state index contributed by atoms with van der Waals surface area (Å²) in [6, 6.07) is 19.8. The van der Waals surface area contributed by atoms with Gasteiger partial charge in [-0.25, -0.2) is 9.96 Å². The Bertz CT molecular complexity index is 1110. The van der Waals surface area contributed by atoms with Gasteiger partial charge in [0.1, 0.15) is 11.7 Å². The van der Waals surface area contributed by atoms with Gasteiger partial charge in [-0.2, -0.15) is 0 Å². The number of carbonyl (C=O) groups excluding carboxylic acids is 2. The summed E-state index contributed by atoms with van der Waals surface area (Å²) < 4.78 is 5.61. The predicted octanol–water partition coefficient (Wildman–Crippen LogP) is 3.92. The summed E-state index contributed by atoms with van der Waals surface area (Å²) in [5.41, 5.74) is 2.11. The quantitative estimate of drug-likeness (QED) is 0.553. The first-order valence-electron chi connectivity index (χ1n) is 10.7. The lowest BCUT2D eigenvalue weighted by Crippen LogP contribution is -2.37. The SMILES string of the molecule is CCCOc1ccc(N2C(=O)[C@@H]3[C@H](ON(c4ccccc4)[C@@H]3c3cccnc3)C2=O)cc1. The van der Waals surface area contributed by atoms with Gasteiger partial charge in [-0.05, 0) is 54.4 Å². The van der Waals surface area contributed by atoms with Crippen LogP contribution in [0.3, 0.4) is 0 Å². The molecule has 2 aliphatic heterocycles. The molecule has 2 fully saturated rings. The number of amides is 2. The molecule has 0 aliphatic carbocycles. The highest BCUT2D eigenvalue weighted by Gasteiger charge is 2.60. The smallest absolute Gasteiger partial charge is 0.266 e. The molecule has 0 saturated carbocycles. The molecule has 3 heterocycles. The Morgan fingerprint density at radius 1 is 0.938 bits per heavy atom. The number of nitrogens with zero attached hydrogens (tertiary/aromatic N) is 3. The van der Waals surface area contributed by atoms with E-state index in [-0.39, 0.29) is 11.8 Å². The number of hydrogen-bond donors (Lipinski definition) is 0. The Balaban J connectivity index is 1.49. The van der Waals surface area contributed by atoms with Gasteiger partial charge in [0, 0.05) is 12.4 Å². The highest BCUT2D eigenvalue weighted by atomic mass is 16.7. The number of benzene rings is 2. The van der Waals surface area contributed by atoms with Crippen molar-refractivity contribution >= 4 is 23.2 Å². The fourth-order valence-electron chi connectivity index (χ4n) is 4.27. The summed E-state index contributed by atoms with van der Waals surface area (Å²) in [7, 11) is 0. The number of hydroxylamine groups is 1. The Morgan fingerprint density at radius 3 is 2.41 bits per heavy atom. The largest absolute Gasteiger partial charge is 0.494 e. The third-order valence-electron chi connectivity index (χ3n) is 5.72. The molecule has 2 aliphatic rings. The third kappa shape index (κ3) is 3.40. The van der Waals surface area contributed by atoms with Crippen LogP contribution in [-0.4, -0.2) is 29.5 Å². The normalized spacial score (nSPS) is 22.3. The molecule has 1 aromatic heterocycles. The monoisotopic (exact) mass is 429 g/mol. The molecule has 2 saturated heterocycles. The topological polar surface area (TPSA) is 72.0 Å². The van der Waals surface area contributed by atoms with Gasteiger partial charge >= 0.3 is 0 Å². The molecule has 0 N–H and O–H groups in total. The van der Waals surface area contributed by atoms with Crippen LogP contribution in [0.4, 0.5) is 11.4 Å². The van der Waals surface area contributed by atoms with Crippen molar-refractivity contribution in [2.75, 3.05) is 16.6 Å². The van der Waals surface area contributed by atoms with Crippen LogP contribution in [0.2, 0.25) is 0 Å². The van der Waals surface area contributed by atoms with E-state index in [0.717, 1.165) is 17.7 Å². The molecular weight excluding hydrogens is 406 g/mol. The zero-order chi connectivity index (χ0) is 22.1. The predicted molar refractivity (Wildman–Crippen MR) is 119 cm³/mol. The fraction of sp³-hybridized carbons (Fsp3) is 0.240. The third-order valence-corrected chi connectivity index (χ3v) is 5.72. The number of anilines is 2. The molecule has 2 aromatic carbocycles. The Hall–Kier alpha value is -3.71. The lowest BCUT2D eigenvalue weighted by molar-refractivity contribution is -0.126. The fourth-order valence-corrected chi connectivity index (χ4v) is 4.27. The zero-order valence-corrected chi connectivity index (χ0v) is 17.6. The summed E-state index contributed by atoms with van der Waals surface area (Å²) >= 11 is 0. The Kier molecular flexibility index (Phi) is 5.33. The lowest BCUT2D eigenvalue weighted by atomic mass is 9.91. The van der Waals surface area contributed by atoms with Crippen molar-refractivity contribution < 1.29 is 19.2 Å². The van der Waals surface area contributed by atoms with Crippen molar-refractivity contribution in [3.8, 4) is 5.75 Å². The van der Waals surface area contributed by atoms with Gasteiger partial charge in [-0.1, -0.05) is 31.2 Å². The lowest BCUT2D eigenvalue weighted by Gasteiger charge is -2.28. The highest BCUT2D eigenvalue weighted by Crippen LogP contribution is 2.47. The summed E-state index contributed by atoms with van der Waals surface area (Å²) in [5, 5.41) is 1.67. The van der Waals surface area contributed by atoms with Gasteiger partial charge in [-0.3, -0.25) is 19.4 Å². The van der Waals surface area contributed by atoms with Crippen molar-refractivity contribution in [3.63, 3.8) is 0 Å². The van der Waals surface area contributed by atoms with E-state index in [9.17, 15) is 9.59 Å². The van der Waals surface area contributed by atoms with Crippen LogP contribution in [0, 0.1) is 5.92 Å². The molecule has 3 aromatic rings. The number of para-hydroxylation sites is 1. The van der Waals surface area contributed by atoms with Gasteiger partial charge in [0.25, 0.3) is 5.91 Å². The minimum Gasteiger partial charge on any atom is -0.494 e. The van der Waals surface area contributed by atoms with Gasteiger partial charge in [-0.15, -0.1) is 0 Å². The molecule has 7 nitrogen and oxygen atoms in total. The summed E-state index contributed by atoms with van der Waals surface area (Å²) in [6.45, 7) is 2.65. The average Bonchev–Trinajstić information content (AvgIpc) is 3.35. The minimum absolute atomic E-state index is 0.283. The number of fused-ring (bicyclic) bond motifs is 1. The number of hydrogen-bond acceptors (Lipinski definition) is 6. The first kappa shape index (κ1) is 20.2. The summed E-state index contributed by atoms with van der Waals surface area (Å²) in [5.74, 6) is -0.624. The van der Waals surface area contributed by atoms with Crippen LogP contribution in [-0.2, 0) is 14.4 Å². The minimum atomic E-state index is -0.899. The maximum atomic E-state index is 13.6. The summed E-state index contributed by atoms with van der Waals surface area (Å²) in [6.07, 6.45) is 3.40. The summed E-state index contributed by atoms with van der Waals surface area (Å²) in [4.78, 5) is 38.4. The maximum absolute atomic E-state index is 13.6. The van der Waals surface area contributed by atoms with Crippen LogP contribution >= 0.6 is 0 Å². The van der Waals surface area contributed by atoms with E-state index < -0.39 is 18.1 Å². The Labute approximate surface area is 186 Å². The molecule has 0 spiro atoms.